The molecule has 4 aromatic rings. The molecular weight excluding hydrogens is 796 g/mol. The van der Waals surface area contributed by atoms with Crippen LogP contribution in [0.5, 0.6) is 17.2 Å². The van der Waals surface area contributed by atoms with E-state index < -0.39 is 6.17 Å². The highest BCUT2D eigenvalue weighted by Gasteiger charge is 2.51. The fourth-order valence-corrected chi connectivity index (χ4v) is 10.5. The van der Waals surface area contributed by atoms with E-state index in [9.17, 15) is 14.4 Å². The zero-order chi connectivity index (χ0) is 41.8. The van der Waals surface area contributed by atoms with E-state index in [1.165, 1.54) is 12.0 Å². The van der Waals surface area contributed by atoms with Crippen LogP contribution in [0.3, 0.4) is 0 Å². The molecule has 2 unspecified atom stereocenters. The summed E-state index contributed by atoms with van der Waals surface area (Å²) in [5, 5.41) is 13.9. The van der Waals surface area contributed by atoms with Gasteiger partial charge in [0, 0.05) is 24.1 Å². The van der Waals surface area contributed by atoms with Crippen molar-refractivity contribution in [3.05, 3.63) is 105 Å². The Kier molecular flexibility index (Phi) is 13.2. The van der Waals surface area contributed by atoms with Crippen LogP contribution >= 0.6 is 23.2 Å². The standard InChI is InChI=1S/C50H56Cl2FN3O4/c1-50(27-36(50)24-38-17-20-48(57)55-38)26-35-23-43(51)47(25-46(35)59-31-34-22-33(28-54)29-56(2)30-34)60-44-19-18-40-39(9-6-10-41(40)44)42-11-7-12-45(49(42)52)58-21-5-3-4-8-32-13-15-37(53)16-14-32/h6-7,9-12,22-23,25,29-30,32,36-38,44H,3-5,8,13-21,24,26-27,31H2,1-2H3/p+1/t32?,36?,37?,38-,44+,50?/m1/s1. The van der Waals surface area contributed by atoms with Crippen molar-refractivity contribution < 1.29 is 28.0 Å². The maximum atomic E-state index is 13.5. The Morgan fingerprint density at radius 1 is 0.917 bits per heavy atom. The molecule has 3 aliphatic carbocycles. The maximum absolute atomic E-state index is 13.5. The number of alkyl halides is 1. The number of carbonyl (C=O) groups excluding carboxylic acids is 1. The lowest BCUT2D eigenvalue weighted by Crippen LogP contribution is -2.28. The highest BCUT2D eigenvalue weighted by molar-refractivity contribution is 6.35. The topological polar surface area (TPSA) is 84.5 Å². The van der Waals surface area contributed by atoms with Gasteiger partial charge in [0.1, 0.15) is 54.8 Å². The largest absolute Gasteiger partial charge is 0.492 e. The van der Waals surface area contributed by atoms with Crippen molar-refractivity contribution in [3.8, 4) is 34.4 Å². The molecule has 0 radical (unpaired) electrons. The molecule has 60 heavy (non-hydrogen) atoms. The molecule has 7 nitrogen and oxygen atoms in total. The van der Waals surface area contributed by atoms with Crippen LogP contribution in [0.15, 0.2) is 67.0 Å². The normalized spacial score (nSPS) is 24.4. The van der Waals surface area contributed by atoms with E-state index in [2.05, 4.69) is 42.6 Å². The SMILES string of the molecule is C[n+]1cc(C#N)cc(COc2cc(O[C@H]3CCc4c(-c5cccc(OCCCCCC6CCC(F)CC6)c5Cl)cccc43)c(Cl)cc2CC2(C)CC2C[C@H]2CCC(=O)N2)c1. The number of nitrogens with zero attached hydrogens (tertiary/aromatic N) is 2. The van der Waals surface area contributed by atoms with Crippen LogP contribution in [-0.2, 0) is 31.3 Å². The van der Waals surface area contributed by atoms with E-state index in [-0.39, 0.29) is 30.1 Å². The Morgan fingerprint density at radius 3 is 2.53 bits per heavy atom. The van der Waals surface area contributed by atoms with Gasteiger partial charge in [0.25, 0.3) is 0 Å². The molecule has 4 aliphatic rings. The van der Waals surface area contributed by atoms with Crippen LogP contribution in [0.2, 0.25) is 10.0 Å². The number of fused-ring (bicyclic) bond motifs is 1. The number of rotatable bonds is 17. The number of aromatic nitrogens is 1. The van der Waals surface area contributed by atoms with Crippen molar-refractivity contribution in [2.45, 2.75) is 128 Å². The first kappa shape index (κ1) is 42.4. The number of carbonyl (C=O) groups is 1. The van der Waals surface area contributed by atoms with Gasteiger partial charge < -0.3 is 19.5 Å². The average Bonchev–Trinajstić information content (AvgIpc) is 3.47. The van der Waals surface area contributed by atoms with Crippen molar-refractivity contribution >= 4 is 29.1 Å². The van der Waals surface area contributed by atoms with Crippen LogP contribution in [0.4, 0.5) is 4.39 Å². The zero-order valence-electron chi connectivity index (χ0n) is 34.9. The number of halogens is 3. The van der Waals surface area contributed by atoms with Crippen LogP contribution in [-0.4, -0.2) is 24.7 Å². The molecule has 1 aliphatic heterocycles. The monoisotopic (exact) mass is 852 g/mol. The summed E-state index contributed by atoms with van der Waals surface area (Å²) in [6.07, 6.45) is 16.9. The summed E-state index contributed by atoms with van der Waals surface area (Å²) in [6, 6.07) is 20.6. The second-order valence-electron chi connectivity index (χ2n) is 18.1. The van der Waals surface area contributed by atoms with Gasteiger partial charge in [0.05, 0.1) is 22.2 Å². The molecule has 2 saturated carbocycles. The number of aryl methyl sites for hydroxylation is 1. The van der Waals surface area contributed by atoms with Crippen LogP contribution in [0.25, 0.3) is 11.1 Å². The second-order valence-corrected chi connectivity index (χ2v) is 18.9. The number of ether oxygens (including phenoxy) is 3. The summed E-state index contributed by atoms with van der Waals surface area (Å²) in [7, 11) is 1.90. The molecule has 1 amide bonds. The van der Waals surface area contributed by atoms with Gasteiger partial charge in [-0.25, -0.2) is 8.96 Å². The highest BCUT2D eigenvalue weighted by atomic mass is 35.5. The van der Waals surface area contributed by atoms with E-state index in [0.29, 0.717) is 52.0 Å². The molecular formula is C50H57Cl2FN3O4+. The van der Waals surface area contributed by atoms with Crippen molar-refractivity contribution in [1.29, 1.82) is 5.26 Å². The summed E-state index contributed by atoms with van der Waals surface area (Å²) in [5.41, 5.74) is 6.92. The first-order valence-corrected chi connectivity index (χ1v) is 22.8. The number of nitriles is 1. The minimum Gasteiger partial charge on any atom is -0.492 e. The summed E-state index contributed by atoms with van der Waals surface area (Å²) in [4.78, 5) is 11.9. The third-order valence-electron chi connectivity index (χ3n) is 13.5. The quantitative estimate of drug-likeness (QED) is 0.0845. The van der Waals surface area contributed by atoms with Crippen molar-refractivity contribution in [2.24, 2.45) is 24.3 Å². The smallest absolute Gasteiger partial charge is 0.220 e. The lowest BCUT2D eigenvalue weighted by atomic mass is 9.85. The van der Waals surface area contributed by atoms with Gasteiger partial charge in [0.2, 0.25) is 5.91 Å². The zero-order valence-corrected chi connectivity index (χ0v) is 36.4. The Bertz CT molecular complexity index is 2240. The van der Waals surface area contributed by atoms with Gasteiger partial charge in [-0.05, 0) is 128 Å². The number of pyridine rings is 1. The van der Waals surface area contributed by atoms with Gasteiger partial charge in [-0.15, -0.1) is 0 Å². The summed E-state index contributed by atoms with van der Waals surface area (Å²) in [6.45, 7) is 3.21. The molecule has 0 spiro atoms. The first-order chi connectivity index (χ1) is 29.0. The van der Waals surface area contributed by atoms with Gasteiger partial charge in [-0.3, -0.25) is 4.79 Å². The number of nitrogens with one attached hydrogen (secondary N) is 1. The Hall–Kier alpha value is -4.32. The molecule has 316 valence electrons. The molecule has 2 heterocycles. The molecule has 8 rings (SSSR count). The fourth-order valence-electron chi connectivity index (χ4n) is 10.0. The number of benzene rings is 3. The van der Waals surface area contributed by atoms with Gasteiger partial charge in [-0.2, -0.15) is 5.26 Å². The van der Waals surface area contributed by atoms with E-state index in [1.54, 1.807) is 6.20 Å². The summed E-state index contributed by atoms with van der Waals surface area (Å²) < 4.78 is 35.0. The second kappa shape index (κ2) is 18.7. The van der Waals surface area contributed by atoms with E-state index in [1.807, 2.05) is 48.1 Å². The number of hydrogen-bond donors (Lipinski definition) is 1. The molecule has 0 bridgehead atoms. The molecule has 1 saturated heterocycles. The lowest BCUT2D eigenvalue weighted by Gasteiger charge is -2.23. The van der Waals surface area contributed by atoms with Crippen LogP contribution in [0.1, 0.15) is 124 Å². The van der Waals surface area contributed by atoms with Gasteiger partial charge >= 0.3 is 0 Å². The number of hydrogen-bond acceptors (Lipinski definition) is 5. The molecule has 4 atom stereocenters. The summed E-state index contributed by atoms with van der Waals surface area (Å²) >= 11 is 14.2. The van der Waals surface area contributed by atoms with E-state index in [0.717, 1.165) is 117 Å². The highest BCUT2D eigenvalue weighted by Crippen LogP contribution is 2.58. The Labute approximate surface area is 364 Å². The average molecular weight is 854 g/mol. The van der Waals surface area contributed by atoms with E-state index in [4.69, 9.17) is 37.4 Å². The molecule has 1 N–H and O–H groups in total. The Balaban J connectivity index is 0.957. The molecule has 3 fully saturated rings. The predicted molar refractivity (Wildman–Crippen MR) is 233 cm³/mol. The predicted octanol–water partition coefficient (Wildman–Crippen LogP) is 11.7. The molecule has 1 aromatic heterocycles. The molecule has 3 aromatic carbocycles. The third kappa shape index (κ3) is 10.1. The van der Waals surface area contributed by atoms with Crippen LogP contribution < -0.4 is 24.1 Å². The van der Waals surface area contributed by atoms with Gasteiger partial charge in [-0.1, -0.05) is 79.7 Å². The van der Waals surface area contributed by atoms with Crippen LogP contribution in [0, 0.1) is 28.6 Å². The molecule has 10 heteroatoms. The maximum Gasteiger partial charge on any atom is 0.220 e. The van der Waals surface area contributed by atoms with Crippen molar-refractivity contribution in [3.63, 3.8) is 0 Å². The minimum atomic E-state index is -0.592. The van der Waals surface area contributed by atoms with E-state index >= 15 is 0 Å². The number of unbranched alkanes of at least 4 members (excludes halogenated alkanes) is 2. The third-order valence-corrected chi connectivity index (χ3v) is 14.2. The lowest BCUT2D eigenvalue weighted by molar-refractivity contribution is -0.672. The van der Waals surface area contributed by atoms with Gasteiger partial charge in [0.15, 0.2) is 12.4 Å². The minimum absolute atomic E-state index is 0.0757. The number of amides is 1. The Morgan fingerprint density at radius 2 is 1.73 bits per heavy atom. The fraction of sp³-hybridized carbons (Fsp3) is 0.500. The first-order valence-electron chi connectivity index (χ1n) is 22.0. The van der Waals surface area contributed by atoms with Crippen molar-refractivity contribution in [1.82, 2.24) is 5.32 Å². The summed E-state index contributed by atoms with van der Waals surface area (Å²) in [5.74, 6) is 3.33. The van der Waals surface area contributed by atoms with Crippen molar-refractivity contribution in [2.75, 3.05) is 6.61 Å².